The maximum Gasteiger partial charge on any atom is 0.272 e. The highest BCUT2D eigenvalue weighted by Gasteiger charge is 2.23. The van der Waals surface area contributed by atoms with Crippen molar-refractivity contribution in [3.8, 4) is 5.88 Å². The molecule has 0 bridgehead atoms. The first kappa shape index (κ1) is 16.6. The van der Waals surface area contributed by atoms with E-state index < -0.39 is 13.0 Å². The number of carbonyl (C=O) groups excluding carboxylic acids is 1. The van der Waals surface area contributed by atoms with Crippen molar-refractivity contribution >= 4 is 5.91 Å². The molecule has 5 nitrogen and oxygen atoms in total. The summed E-state index contributed by atoms with van der Waals surface area (Å²) in [5.41, 5.74) is 0.328. The number of pyridine rings is 1. The Balaban J connectivity index is 1.81. The van der Waals surface area contributed by atoms with E-state index in [1.165, 1.54) is 18.3 Å². The molecule has 1 aliphatic rings. The normalized spacial score (nSPS) is 21.6. The summed E-state index contributed by atoms with van der Waals surface area (Å²) in [6, 6.07) is 2.85. The number of aliphatic hydroxyl groups is 1. The van der Waals surface area contributed by atoms with Crippen LogP contribution in [0.3, 0.4) is 0 Å². The largest absolute Gasteiger partial charge is 0.472 e. The van der Waals surface area contributed by atoms with E-state index in [1.54, 1.807) is 0 Å². The lowest BCUT2D eigenvalue weighted by atomic mass is 9.86. The Labute approximate surface area is 127 Å². The monoisotopic (exact) mass is 314 g/mol. The minimum Gasteiger partial charge on any atom is -0.472 e. The number of aliphatic hydroxyl groups excluding tert-OH is 1. The number of amides is 1. The van der Waals surface area contributed by atoms with Crippen LogP contribution in [0.15, 0.2) is 18.3 Å². The highest BCUT2D eigenvalue weighted by Crippen LogP contribution is 2.23. The second kappa shape index (κ2) is 8.03. The van der Waals surface area contributed by atoms with Crippen LogP contribution >= 0.6 is 0 Å². The number of carbonyl (C=O) groups is 1. The Morgan fingerprint density at radius 2 is 2.18 bits per heavy atom. The molecule has 2 atom stereocenters. The van der Waals surface area contributed by atoms with E-state index in [4.69, 9.17) is 4.74 Å². The van der Waals surface area contributed by atoms with Crippen LogP contribution in [-0.4, -0.2) is 41.7 Å². The molecule has 2 N–H and O–H groups in total. The summed E-state index contributed by atoms with van der Waals surface area (Å²) < 4.78 is 28.7. The fourth-order valence-corrected chi connectivity index (χ4v) is 2.50. The number of alkyl halides is 2. The van der Waals surface area contributed by atoms with Gasteiger partial charge in [0.05, 0.1) is 11.7 Å². The summed E-state index contributed by atoms with van der Waals surface area (Å²) in [7, 11) is 0. The van der Waals surface area contributed by atoms with Gasteiger partial charge in [-0.3, -0.25) is 4.79 Å². The van der Waals surface area contributed by atoms with Crippen molar-refractivity contribution in [1.29, 1.82) is 0 Å². The summed E-state index contributed by atoms with van der Waals surface area (Å²) >= 11 is 0. The highest BCUT2D eigenvalue weighted by molar-refractivity contribution is 5.93. The fraction of sp³-hybridized carbons (Fsp3) is 0.600. The number of nitrogens with zero attached hydrogens (tertiary/aromatic N) is 1. The zero-order valence-electron chi connectivity index (χ0n) is 12.2. The van der Waals surface area contributed by atoms with Gasteiger partial charge in [0.2, 0.25) is 5.88 Å². The van der Waals surface area contributed by atoms with E-state index in [1.807, 2.05) is 0 Å². The Hall–Kier alpha value is -1.76. The lowest BCUT2D eigenvalue weighted by Gasteiger charge is -2.27. The molecule has 1 aromatic heterocycles. The molecule has 0 aromatic carbocycles. The van der Waals surface area contributed by atoms with Gasteiger partial charge in [-0.05, 0) is 18.9 Å². The number of hydrogen-bond donors (Lipinski definition) is 2. The molecule has 1 aromatic rings. The topological polar surface area (TPSA) is 71.5 Å². The molecule has 1 fully saturated rings. The predicted octanol–water partition coefficient (Wildman–Crippen LogP) is 2.01. The average molecular weight is 314 g/mol. The van der Waals surface area contributed by atoms with Gasteiger partial charge in [-0.25, -0.2) is 13.8 Å². The van der Waals surface area contributed by atoms with Gasteiger partial charge in [0.1, 0.15) is 0 Å². The minimum absolute atomic E-state index is 0.0551. The van der Waals surface area contributed by atoms with Crippen LogP contribution in [-0.2, 0) is 0 Å². The van der Waals surface area contributed by atoms with E-state index in [0.29, 0.717) is 12.1 Å². The number of nitrogens with one attached hydrogen (secondary N) is 1. The number of rotatable bonds is 6. The molecular formula is C15H20F2N2O3. The zero-order valence-corrected chi connectivity index (χ0v) is 12.2. The lowest BCUT2D eigenvalue weighted by Crippen LogP contribution is -2.36. The van der Waals surface area contributed by atoms with Gasteiger partial charge in [0.15, 0.2) is 6.61 Å². The molecule has 1 amide bonds. The first-order valence-electron chi connectivity index (χ1n) is 7.39. The molecule has 22 heavy (non-hydrogen) atoms. The molecule has 0 radical (unpaired) electrons. The Morgan fingerprint density at radius 1 is 1.41 bits per heavy atom. The van der Waals surface area contributed by atoms with E-state index in [0.717, 1.165) is 25.7 Å². The molecule has 0 unspecified atom stereocenters. The van der Waals surface area contributed by atoms with Gasteiger partial charge in [-0.2, -0.15) is 0 Å². The third-order valence-electron chi connectivity index (χ3n) is 3.75. The maximum absolute atomic E-state index is 12.0. The van der Waals surface area contributed by atoms with Crippen molar-refractivity contribution in [3.05, 3.63) is 23.9 Å². The van der Waals surface area contributed by atoms with Crippen molar-refractivity contribution in [1.82, 2.24) is 10.3 Å². The summed E-state index contributed by atoms with van der Waals surface area (Å²) in [5.74, 6) is -0.162. The quantitative estimate of drug-likeness (QED) is 0.842. The number of ether oxygens (including phenoxy) is 1. The van der Waals surface area contributed by atoms with Crippen LogP contribution < -0.4 is 10.1 Å². The predicted molar refractivity (Wildman–Crippen MR) is 76.0 cm³/mol. The molecule has 0 spiro atoms. The molecule has 1 aliphatic carbocycles. The molecular weight excluding hydrogens is 294 g/mol. The molecule has 0 aliphatic heterocycles. The molecule has 2 rings (SSSR count). The van der Waals surface area contributed by atoms with Crippen molar-refractivity contribution in [2.75, 3.05) is 13.2 Å². The van der Waals surface area contributed by atoms with Gasteiger partial charge in [0, 0.05) is 24.7 Å². The van der Waals surface area contributed by atoms with Crippen LogP contribution in [0.2, 0.25) is 0 Å². The zero-order chi connectivity index (χ0) is 15.9. The van der Waals surface area contributed by atoms with Gasteiger partial charge >= 0.3 is 0 Å². The SMILES string of the molecule is O=C(NC[C@H]1CCCC[C@@H]1O)c1ccc(OCC(F)F)nc1. The second-order valence-corrected chi connectivity index (χ2v) is 5.41. The van der Waals surface area contributed by atoms with Crippen LogP contribution in [0.25, 0.3) is 0 Å². The first-order valence-corrected chi connectivity index (χ1v) is 7.39. The average Bonchev–Trinajstić information content (AvgIpc) is 2.52. The summed E-state index contributed by atoms with van der Waals surface area (Å²) in [4.78, 5) is 15.8. The standard InChI is InChI=1S/C15H20F2N2O3/c16-13(17)9-22-14-6-5-11(8-18-14)15(21)19-7-10-3-1-2-4-12(10)20/h5-6,8,10,12-13,20H,1-4,7,9H2,(H,19,21)/t10-,12+/m1/s1. The van der Waals surface area contributed by atoms with Crippen LogP contribution in [0.1, 0.15) is 36.0 Å². The second-order valence-electron chi connectivity index (χ2n) is 5.41. The fourth-order valence-electron chi connectivity index (χ4n) is 2.50. The van der Waals surface area contributed by atoms with E-state index in [9.17, 15) is 18.7 Å². The van der Waals surface area contributed by atoms with Gasteiger partial charge in [0.25, 0.3) is 12.3 Å². The van der Waals surface area contributed by atoms with E-state index in [-0.39, 0.29) is 23.8 Å². The molecule has 7 heteroatoms. The highest BCUT2D eigenvalue weighted by atomic mass is 19.3. The first-order chi connectivity index (χ1) is 10.6. The van der Waals surface area contributed by atoms with Gasteiger partial charge in [-0.15, -0.1) is 0 Å². The van der Waals surface area contributed by atoms with Crippen LogP contribution in [0.4, 0.5) is 8.78 Å². The lowest BCUT2D eigenvalue weighted by molar-refractivity contribution is 0.0662. The number of halogens is 2. The summed E-state index contributed by atoms with van der Waals surface area (Å²) in [5, 5.41) is 12.6. The number of aromatic nitrogens is 1. The van der Waals surface area contributed by atoms with Crippen molar-refractivity contribution < 1.29 is 23.4 Å². The van der Waals surface area contributed by atoms with Crippen molar-refractivity contribution in [3.63, 3.8) is 0 Å². The van der Waals surface area contributed by atoms with Crippen molar-refractivity contribution in [2.45, 2.75) is 38.2 Å². The maximum atomic E-state index is 12.0. The Bertz CT molecular complexity index is 482. The molecule has 122 valence electrons. The van der Waals surface area contributed by atoms with E-state index in [2.05, 4.69) is 10.3 Å². The van der Waals surface area contributed by atoms with Crippen LogP contribution in [0, 0.1) is 5.92 Å². The number of hydrogen-bond acceptors (Lipinski definition) is 4. The minimum atomic E-state index is -2.56. The third kappa shape index (κ3) is 4.91. The Kier molecular flexibility index (Phi) is 6.06. The summed E-state index contributed by atoms with van der Waals surface area (Å²) in [6.45, 7) is -0.304. The van der Waals surface area contributed by atoms with Crippen molar-refractivity contribution in [2.24, 2.45) is 5.92 Å². The smallest absolute Gasteiger partial charge is 0.272 e. The van der Waals surface area contributed by atoms with Gasteiger partial charge in [-0.1, -0.05) is 12.8 Å². The van der Waals surface area contributed by atoms with Gasteiger partial charge < -0.3 is 15.2 Å². The third-order valence-corrected chi connectivity index (χ3v) is 3.75. The van der Waals surface area contributed by atoms with Crippen LogP contribution in [0.5, 0.6) is 5.88 Å². The molecule has 1 heterocycles. The summed E-state index contributed by atoms with van der Waals surface area (Å²) in [6.07, 6.45) is 2.13. The molecule has 1 saturated carbocycles. The molecule has 0 saturated heterocycles. The Morgan fingerprint density at radius 3 is 2.82 bits per heavy atom. The van der Waals surface area contributed by atoms with E-state index >= 15 is 0 Å².